The Kier molecular flexibility index (Phi) is 9.15. The average molecular weight is 853 g/mol. The summed E-state index contributed by atoms with van der Waals surface area (Å²) in [6, 6.07) is 65.8. The van der Waals surface area contributed by atoms with Crippen molar-refractivity contribution in [1.82, 2.24) is 0 Å². The van der Waals surface area contributed by atoms with E-state index in [1.807, 2.05) is 0 Å². The van der Waals surface area contributed by atoms with Crippen molar-refractivity contribution in [2.75, 3.05) is 9.80 Å². The van der Waals surface area contributed by atoms with E-state index in [-0.39, 0.29) is 0 Å². The fourth-order valence-electron chi connectivity index (χ4n) is 10.2. The first-order valence-corrected chi connectivity index (χ1v) is 22.8. The van der Waals surface area contributed by atoms with Gasteiger partial charge in [-0.25, -0.2) is 0 Å². The maximum atomic E-state index is 7.08. The maximum absolute atomic E-state index is 7.08. The number of aryl methyl sites for hydroxylation is 4. The van der Waals surface area contributed by atoms with Crippen LogP contribution in [-0.4, -0.2) is 0 Å². The molecule has 10 aromatic carbocycles. The fraction of sp³-hybridized carbons (Fsp3) is 0.0968. The van der Waals surface area contributed by atoms with Gasteiger partial charge < -0.3 is 18.6 Å². The minimum absolute atomic E-state index is 0.837. The van der Waals surface area contributed by atoms with Gasteiger partial charge in [0.05, 0.1) is 0 Å². The smallest absolute Gasteiger partial charge is 0.144 e. The molecular formula is C62H48N2O2. The van der Waals surface area contributed by atoms with Crippen LogP contribution in [0.3, 0.4) is 0 Å². The number of furan rings is 2. The van der Waals surface area contributed by atoms with Crippen molar-refractivity contribution in [3.05, 3.63) is 215 Å². The van der Waals surface area contributed by atoms with Crippen LogP contribution in [0.25, 0.3) is 76.5 Å². The van der Waals surface area contributed by atoms with Gasteiger partial charge in [-0.1, -0.05) is 103 Å². The van der Waals surface area contributed by atoms with Gasteiger partial charge in [0, 0.05) is 61.2 Å². The molecule has 0 saturated carbocycles. The topological polar surface area (TPSA) is 32.8 Å². The number of anilines is 6. The number of benzene rings is 10. The second kappa shape index (κ2) is 15.3. The van der Waals surface area contributed by atoms with Crippen molar-refractivity contribution < 1.29 is 8.83 Å². The van der Waals surface area contributed by atoms with Crippen LogP contribution in [0.2, 0.25) is 0 Å². The Bertz CT molecular complexity index is 3790. The Morgan fingerprint density at radius 3 is 1.38 bits per heavy atom. The van der Waals surface area contributed by atoms with Gasteiger partial charge >= 0.3 is 0 Å². The summed E-state index contributed by atoms with van der Waals surface area (Å²) in [5.41, 5.74) is 19.9. The standard InChI is InChI=1S/C62H48N2O2/c1-37-18-14-24-55(41(37)5)63(53-22-12-10-16-39(53)3)48-28-26-44-32-50-51-36-59-61(60(43-20-8-7-9-21-43)62(51)66-57(50)34-46(44)30-48)52-33-45-27-29-49(31-47(45)35-58(52)65-59)64(54-23-13-11-17-40(54)4)56-25-15-19-38(2)42(56)6/h7-36H,1-6H3. The summed E-state index contributed by atoms with van der Waals surface area (Å²) in [6.07, 6.45) is 0. The van der Waals surface area contributed by atoms with E-state index >= 15 is 0 Å². The van der Waals surface area contributed by atoms with Crippen molar-refractivity contribution in [3.63, 3.8) is 0 Å². The monoisotopic (exact) mass is 852 g/mol. The highest BCUT2D eigenvalue weighted by Crippen LogP contribution is 2.48. The molecule has 0 fully saturated rings. The van der Waals surface area contributed by atoms with Crippen LogP contribution < -0.4 is 9.80 Å². The first-order valence-electron chi connectivity index (χ1n) is 22.8. The molecule has 0 N–H and O–H groups in total. The van der Waals surface area contributed by atoms with Crippen LogP contribution in [-0.2, 0) is 0 Å². The third-order valence-corrected chi connectivity index (χ3v) is 14.0. The predicted octanol–water partition coefficient (Wildman–Crippen LogP) is 18.2. The van der Waals surface area contributed by atoms with Gasteiger partial charge in [0.1, 0.15) is 22.3 Å². The van der Waals surface area contributed by atoms with Gasteiger partial charge in [-0.05, 0) is 181 Å². The highest BCUT2D eigenvalue weighted by atomic mass is 16.3. The van der Waals surface area contributed by atoms with E-state index in [4.69, 9.17) is 8.83 Å². The molecule has 4 heteroatoms. The van der Waals surface area contributed by atoms with Gasteiger partial charge in [0.15, 0.2) is 0 Å². The fourth-order valence-corrected chi connectivity index (χ4v) is 10.2. The molecule has 0 aliphatic carbocycles. The lowest BCUT2D eigenvalue weighted by molar-refractivity contribution is 0.665. The third-order valence-electron chi connectivity index (χ3n) is 14.0. The van der Waals surface area contributed by atoms with Crippen LogP contribution in [0.1, 0.15) is 33.4 Å². The number of nitrogens with zero attached hydrogens (tertiary/aromatic N) is 2. The Morgan fingerprint density at radius 1 is 0.333 bits per heavy atom. The third kappa shape index (κ3) is 6.28. The molecular weight excluding hydrogens is 805 g/mol. The summed E-state index contributed by atoms with van der Waals surface area (Å²) in [4.78, 5) is 4.78. The molecule has 2 heterocycles. The summed E-state index contributed by atoms with van der Waals surface area (Å²) in [5.74, 6) is 0. The summed E-state index contributed by atoms with van der Waals surface area (Å²) in [5, 5.41) is 8.74. The Morgan fingerprint density at radius 2 is 0.818 bits per heavy atom. The maximum Gasteiger partial charge on any atom is 0.144 e. The molecule has 0 atom stereocenters. The van der Waals surface area contributed by atoms with E-state index in [0.717, 1.165) is 99.3 Å². The predicted molar refractivity (Wildman–Crippen MR) is 279 cm³/mol. The Labute approximate surface area is 384 Å². The van der Waals surface area contributed by atoms with E-state index in [0.29, 0.717) is 0 Å². The Hall–Kier alpha value is -8.08. The van der Waals surface area contributed by atoms with E-state index in [9.17, 15) is 0 Å². The van der Waals surface area contributed by atoms with E-state index in [1.165, 1.54) is 44.8 Å². The quantitative estimate of drug-likeness (QED) is 0.160. The highest BCUT2D eigenvalue weighted by molar-refractivity contribution is 6.25. The number of fused-ring (bicyclic) bond motifs is 8. The first-order chi connectivity index (χ1) is 32.2. The van der Waals surface area contributed by atoms with Crippen molar-refractivity contribution in [2.24, 2.45) is 0 Å². The normalized spacial score (nSPS) is 11.8. The molecule has 0 unspecified atom stereocenters. The Balaban J connectivity index is 1.04. The minimum Gasteiger partial charge on any atom is -0.456 e. The molecule has 2 aromatic heterocycles. The number of hydrogen-bond donors (Lipinski definition) is 0. The SMILES string of the molecule is Cc1ccccc1N(c1ccc2cc3c(cc2c1)oc1c(-c2ccccc2)c2c(cc13)oc1cc3cc(N(c4ccccc4C)c4cccc(C)c4C)ccc3cc12)c1cccc(C)c1C. The number of rotatable bonds is 7. The van der Waals surface area contributed by atoms with Gasteiger partial charge in [0.2, 0.25) is 0 Å². The van der Waals surface area contributed by atoms with Crippen LogP contribution in [0.4, 0.5) is 34.1 Å². The van der Waals surface area contributed by atoms with Crippen LogP contribution in [0, 0.1) is 41.5 Å². The number of para-hydroxylation sites is 2. The van der Waals surface area contributed by atoms with Crippen molar-refractivity contribution in [1.29, 1.82) is 0 Å². The van der Waals surface area contributed by atoms with Crippen LogP contribution in [0.15, 0.2) is 191 Å². The lowest BCUT2D eigenvalue weighted by Gasteiger charge is -2.29. The van der Waals surface area contributed by atoms with Crippen molar-refractivity contribution in [2.45, 2.75) is 41.5 Å². The molecule has 0 radical (unpaired) electrons. The zero-order chi connectivity index (χ0) is 44.8. The van der Waals surface area contributed by atoms with E-state index < -0.39 is 0 Å². The molecule has 4 nitrogen and oxygen atoms in total. The molecule has 12 rings (SSSR count). The lowest BCUT2D eigenvalue weighted by atomic mass is 9.95. The lowest BCUT2D eigenvalue weighted by Crippen LogP contribution is -2.13. The molecule has 12 aromatic rings. The van der Waals surface area contributed by atoms with E-state index in [2.05, 4.69) is 233 Å². The molecule has 0 amide bonds. The highest BCUT2D eigenvalue weighted by Gasteiger charge is 2.24. The minimum atomic E-state index is 0.837. The summed E-state index contributed by atoms with van der Waals surface area (Å²) < 4.78 is 14.0. The molecule has 66 heavy (non-hydrogen) atoms. The molecule has 318 valence electrons. The second-order valence-electron chi connectivity index (χ2n) is 18.0. The zero-order valence-electron chi connectivity index (χ0n) is 38.0. The summed E-state index contributed by atoms with van der Waals surface area (Å²) in [7, 11) is 0. The summed E-state index contributed by atoms with van der Waals surface area (Å²) in [6.45, 7) is 13.2. The number of hydrogen-bond acceptors (Lipinski definition) is 4. The average Bonchev–Trinajstić information content (AvgIpc) is 3.87. The van der Waals surface area contributed by atoms with E-state index in [1.54, 1.807) is 0 Å². The van der Waals surface area contributed by atoms with Crippen LogP contribution in [0.5, 0.6) is 0 Å². The van der Waals surface area contributed by atoms with Gasteiger partial charge in [-0.2, -0.15) is 0 Å². The van der Waals surface area contributed by atoms with Crippen molar-refractivity contribution in [3.8, 4) is 11.1 Å². The summed E-state index contributed by atoms with van der Waals surface area (Å²) >= 11 is 0. The molecule has 0 bridgehead atoms. The van der Waals surface area contributed by atoms with Gasteiger partial charge in [-0.15, -0.1) is 0 Å². The molecule has 0 aliphatic heterocycles. The largest absolute Gasteiger partial charge is 0.456 e. The zero-order valence-corrected chi connectivity index (χ0v) is 38.0. The second-order valence-corrected chi connectivity index (χ2v) is 18.0. The van der Waals surface area contributed by atoms with Crippen molar-refractivity contribution >= 4 is 99.5 Å². The van der Waals surface area contributed by atoms with Crippen LogP contribution >= 0.6 is 0 Å². The molecule has 0 aliphatic rings. The van der Waals surface area contributed by atoms with Gasteiger partial charge in [0.25, 0.3) is 0 Å². The first kappa shape index (κ1) is 39.5. The molecule has 0 saturated heterocycles. The molecule has 0 spiro atoms. The van der Waals surface area contributed by atoms with Gasteiger partial charge in [-0.3, -0.25) is 0 Å².